The monoisotopic (exact) mass is 365 g/mol. The number of rotatable bonds is 3. The third-order valence-corrected chi connectivity index (χ3v) is 6.39. The van der Waals surface area contributed by atoms with Crippen LogP contribution in [0, 0.1) is 0 Å². The molecule has 5 nitrogen and oxygen atoms in total. The highest BCUT2D eigenvalue weighted by molar-refractivity contribution is 7.92. The number of carboxylic acids is 1. The van der Waals surface area contributed by atoms with Crippen LogP contribution in [-0.2, 0) is 14.8 Å². The summed E-state index contributed by atoms with van der Waals surface area (Å²) in [6.45, 7) is 1.72. The van der Waals surface area contributed by atoms with Gasteiger partial charge in [0.2, 0.25) is 0 Å². The molecule has 24 heavy (non-hydrogen) atoms. The Kier molecular flexibility index (Phi) is 4.27. The highest BCUT2D eigenvalue weighted by atomic mass is 35.5. The zero-order valence-corrected chi connectivity index (χ0v) is 14.5. The summed E-state index contributed by atoms with van der Waals surface area (Å²) in [5, 5.41) is 9.91. The molecule has 0 saturated heterocycles. The van der Waals surface area contributed by atoms with Crippen LogP contribution in [0.1, 0.15) is 24.8 Å². The molecular formula is C17H16ClNO4S. The predicted octanol–water partition coefficient (Wildman–Crippen LogP) is 3.50. The summed E-state index contributed by atoms with van der Waals surface area (Å²) < 4.78 is 27.5. The van der Waals surface area contributed by atoms with E-state index in [1.165, 1.54) is 28.6 Å². The maximum Gasteiger partial charge on any atom is 0.311 e. The number of nitrogens with zero attached hydrogens (tertiary/aromatic N) is 1. The minimum Gasteiger partial charge on any atom is -0.481 e. The van der Waals surface area contributed by atoms with Crippen molar-refractivity contribution in [1.29, 1.82) is 0 Å². The number of anilines is 1. The zero-order chi connectivity index (χ0) is 17.5. The molecule has 3 rings (SSSR count). The van der Waals surface area contributed by atoms with Crippen molar-refractivity contribution >= 4 is 33.3 Å². The molecule has 0 amide bonds. The van der Waals surface area contributed by atoms with E-state index >= 15 is 0 Å². The Morgan fingerprint density at radius 1 is 1.17 bits per heavy atom. The van der Waals surface area contributed by atoms with E-state index in [1.54, 1.807) is 31.2 Å². The van der Waals surface area contributed by atoms with E-state index in [0.29, 0.717) is 16.3 Å². The Hall–Kier alpha value is -2.05. The molecule has 1 N–H and O–H groups in total. The maximum atomic E-state index is 13.1. The van der Waals surface area contributed by atoms with Crippen LogP contribution in [-0.4, -0.2) is 25.5 Å². The first kappa shape index (κ1) is 16.8. The molecule has 0 aromatic heterocycles. The molecular weight excluding hydrogens is 350 g/mol. The van der Waals surface area contributed by atoms with Gasteiger partial charge in [-0.2, -0.15) is 0 Å². The van der Waals surface area contributed by atoms with Crippen LogP contribution in [0.3, 0.4) is 0 Å². The fraction of sp³-hybridized carbons (Fsp3) is 0.235. The van der Waals surface area contributed by atoms with E-state index in [-0.39, 0.29) is 11.3 Å². The molecule has 1 aliphatic heterocycles. The zero-order valence-electron chi connectivity index (χ0n) is 12.9. The number of aliphatic carboxylic acids is 1. The quantitative estimate of drug-likeness (QED) is 0.903. The molecule has 2 atom stereocenters. The van der Waals surface area contributed by atoms with Gasteiger partial charge in [0.1, 0.15) is 0 Å². The third kappa shape index (κ3) is 2.76. The molecule has 2 aromatic carbocycles. The largest absolute Gasteiger partial charge is 0.481 e. The number of halogens is 1. The molecule has 7 heteroatoms. The second kappa shape index (κ2) is 6.11. The average molecular weight is 366 g/mol. The molecule has 1 aliphatic rings. The van der Waals surface area contributed by atoms with Crippen LogP contribution in [0.5, 0.6) is 0 Å². The number of carbonyl (C=O) groups is 1. The summed E-state index contributed by atoms with van der Waals surface area (Å²) in [5.41, 5.74) is 0.930. The summed E-state index contributed by atoms with van der Waals surface area (Å²) in [4.78, 5) is 11.7. The summed E-state index contributed by atoms with van der Waals surface area (Å²) in [5.74, 6) is -1.66. The summed E-state index contributed by atoms with van der Waals surface area (Å²) in [6, 6.07) is 12.2. The number of hydrogen-bond acceptors (Lipinski definition) is 3. The minimum absolute atomic E-state index is 0.127. The van der Waals surface area contributed by atoms with Crippen LogP contribution >= 0.6 is 11.6 Å². The van der Waals surface area contributed by atoms with Crippen LogP contribution in [0.15, 0.2) is 53.4 Å². The highest BCUT2D eigenvalue weighted by Crippen LogP contribution is 2.41. The van der Waals surface area contributed by atoms with E-state index in [4.69, 9.17) is 11.6 Å². The van der Waals surface area contributed by atoms with E-state index in [0.717, 1.165) is 0 Å². The number of fused-ring (bicyclic) bond motifs is 1. The number of sulfonamides is 1. The van der Waals surface area contributed by atoms with Crippen molar-refractivity contribution in [2.45, 2.75) is 30.2 Å². The Morgan fingerprint density at radius 2 is 1.79 bits per heavy atom. The average Bonchev–Trinajstić information content (AvgIpc) is 2.54. The second-order valence-corrected chi connectivity index (χ2v) is 8.04. The van der Waals surface area contributed by atoms with Crippen LogP contribution < -0.4 is 4.31 Å². The molecule has 1 heterocycles. The molecule has 0 aliphatic carbocycles. The van der Waals surface area contributed by atoms with Crippen LogP contribution in [0.4, 0.5) is 5.69 Å². The first-order valence-electron chi connectivity index (χ1n) is 7.44. The maximum absolute atomic E-state index is 13.1. The van der Waals surface area contributed by atoms with Gasteiger partial charge in [0, 0.05) is 11.1 Å². The van der Waals surface area contributed by atoms with Crippen LogP contribution in [0.2, 0.25) is 5.02 Å². The van der Waals surface area contributed by atoms with Gasteiger partial charge in [-0.3, -0.25) is 9.10 Å². The molecule has 0 fully saturated rings. The van der Waals surface area contributed by atoms with Gasteiger partial charge in [-0.05, 0) is 49.2 Å². The normalized spacial score (nSPS) is 20.5. The van der Waals surface area contributed by atoms with E-state index in [9.17, 15) is 18.3 Å². The fourth-order valence-corrected chi connectivity index (χ4v) is 4.92. The molecule has 0 saturated carbocycles. The number of hydrogen-bond donors (Lipinski definition) is 1. The topological polar surface area (TPSA) is 74.7 Å². The summed E-state index contributed by atoms with van der Waals surface area (Å²) in [7, 11) is -3.81. The first-order chi connectivity index (χ1) is 11.3. The standard InChI is InChI=1S/C17H16ClNO4S/c1-11-10-15(17(20)21)14-4-2-3-5-16(14)19(11)24(22,23)13-8-6-12(18)7-9-13/h2-9,11,15H,10H2,1H3,(H,20,21). The van der Waals surface area contributed by atoms with Gasteiger partial charge in [-0.15, -0.1) is 0 Å². The fourth-order valence-electron chi connectivity index (χ4n) is 3.10. The second-order valence-electron chi connectivity index (χ2n) is 5.79. The Morgan fingerprint density at radius 3 is 2.42 bits per heavy atom. The van der Waals surface area contributed by atoms with Gasteiger partial charge in [0.05, 0.1) is 16.5 Å². The molecule has 126 valence electrons. The van der Waals surface area contributed by atoms with Crippen molar-refractivity contribution < 1.29 is 18.3 Å². The van der Waals surface area contributed by atoms with E-state index in [1.807, 2.05) is 0 Å². The van der Waals surface area contributed by atoms with Crippen molar-refractivity contribution in [3.05, 3.63) is 59.1 Å². The third-order valence-electron chi connectivity index (χ3n) is 4.20. The molecule has 0 spiro atoms. The van der Waals surface area contributed by atoms with Crippen molar-refractivity contribution in [2.75, 3.05) is 4.31 Å². The lowest BCUT2D eigenvalue weighted by molar-refractivity contribution is -0.139. The highest BCUT2D eigenvalue weighted by Gasteiger charge is 2.39. The van der Waals surface area contributed by atoms with Gasteiger partial charge in [-0.1, -0.05) is 29.8 Å². The van der Waals surface area contributed by atoms with Crippen molar-refractivity contribution in [3.8, 4) is 0 Å². The van der Waals surface area contributed by atoms with Crippen molar-refractivity contribution in [1.82, 2.24) is 0 Å². The van der Waals surface area contributed by atoms with Gasteiger partial charge in [-0.25, -0.2) is 8.42 Å². The summed E-state index contributed by atoms with van der Waals surface area (Å²) in [6.07, 6.45) is 0.221. The number of para-hydroxylation sites is 1. The first-order valence-corrected chi connectivity index (χ1v) is 9.26. The SMILES string of the molecule is CC1CC(C(=O)O)c2ccccc2N1S(=O)(=O)c1ccc(Cl)cc1. The minimum atomic E-state index is -3.81. The lowest BCUT2D eigenvalue weighted by Crippen LogP contribution is -2.44. The molecule has 2 unspecified atom stereocenters. The number of benzene rings is 2. The van der Waals surface area contributed by atoms with Gasteiger partial charge < -0.3 is 5.11 Å². The van der Waals surface area contributed by atoms with E-state index < -0.39 is 28.0 Å². The Labute approximate surface area is 145 Å². The van der Waals surface area contributed by atoms with Crippen molar-refractivity contribution in [2.24, 2.45) is 0 Å². The Bertz CT molecular complexity index is 880. The van der Waals surface area contributed by atoms with Crippen LogP contribution in [0.25, 0.3) is 0 Å². The van der Waals surface area contributed by atoms with Gasteiger partial charge in [0.25, 0.3) is 10.0 Å². The predicted molar refractivity (Wildman–Crippen MR) is 92.0 cm³/mol. The lowest BCUT2D eigenvalue weighted by Gasteiger charge is -2.38. The number of carboxylic acid groups (broad SMARTS) is 1. The molecule has 2 aromatic rings. The molecule has 0 bridgehead atoms. The van der Waals surface area contributed by atoms with E-state index in [2.05, 4.69) is 0 Å². The lowest BCUT2D eigenvalue weighted by atomic mass is 9.87. The van der Waals surface area contributed by atoms with Gasteiger partial charge in [0.15, 0.2) is 0 Å². The summed E-state index contributed by atoms with van der Waals surface area (Å²) >= 11 is 5.84. The molecule has 0 radical (unpaired) electrons. The Balaban J connectivity index is 2.15. The smallest absolute Gasteiger partial charge is 0.311 e. The van der Waals surface area contributed by atoms with Crippen molar-refractivity contribution in [3.63, 3.8) is 0 Å². The van der Waals surface area contributed by atoms with Gasteiger partial charge >= 0.3 is 5.97 Å².